The standard InChI is InChI=1S/C12H12ClFN4/c1-6-5-8(13)3-4-9(6)11-16-7(2)10(14)12(17-11)18-15/h3-5H,15H2,1-2H3,(H,16,17,18). The number of aryl methyl sites for hydroxylation is 2. The van der Waals surface area contributed by atoms with Crippen molar-refractivity contribution < 1.29 is 4.39 Å². The van der Waals surface area contributed by atoms with Gasteiger partial charge in [0.15, 0.2) is 17.5 Å². The average Bonchev–Trinajstić information content (AvgIpc) is 2.32. The van der Waals surface area contributed by atoms with Gasteiger partial charge in [0.1, 0.15) is 0 Å². The molecule has 0 saturated carbocycles. The van der Waals surface area contributed by atoms with Crippen molar-refractivity contribution in [3.05, 3.63) is 40.3 Å². The molecular weight excluding hydrogens is 255 g/mol. The zero-order valence-corrected chi connectivity index (χ0v) is 10.7. The molecule has 3 N–H and O–H groups in total. The summed E-state index contributed by atoms with van der Waals surface area (Å²) in [4.78, 5) is 8.16. The third-order valence-electron chi connectivity index (χ3n) is 2.58. The first-order valence-electron chi connectivity index (χ1n) is 5.30. The quantitative estimate of drug-likeness (QED) is 0.648. The molecule has 1 heterocycles. The highest BCUT2D eigenvalue weighted by Crippen LogP contribution is 2.25. The number of nitrogens with zero attached hydrogens (tertiary/aromatic N) is 2. The lowest BCUT2D eigenvalue weighted by Gasteiger charge is -2.09. The summed E-state index contributed by atoms with van der Waals surface area (Å²) >= 11 is 5.89. The second kappa shape index (κ2) is 4.88. The van der Waals surface area contributed by atoms with Gasteiger partial charge in [-0.25, -0.2) is 20.2 Å². The number of hydrogen-bond acceptors (Lipinski definition) is 4. The largest absolute Gasteiger partial charge is 0.306 e. The molecule has 2 aromatic rings. The topological polar surface area (TPSA) is 63.8 Å². The van der Waals surface area contributed by atoms with E-state index in [4.69, 9.17) is 17.4 Å². The van der Waals surface area contributed by atoms with Gasteiger partial charge in [-0.05, 0) is 37.6 Å². The molecule has 94 valence electrons. The van der Waals surface area contributed by atoms with E-state index in [1.165, 1.54) is 0 Å². The third kappa shape index (κ3) is 2.27. The Bertz CT molecular complexity index is 601. The fourth-order valence-corrected chi connectivity index (χ4v) is 1.88. The van der Waals surface area contributed by atoms with Crippen LogP contribution in [-0.2, 0) is 0 Å². The van der Waals surface area contributed by atoms with Gasteiger partial charge in [0.25, 0.3) is 0 Å². The SMILES string of the molecule is Cc1cc(Cl)ccc1-c1nc(C)c(F)c(NN)n1. The molecular formula is C12H12ClFN4. The van der Waals surface area contributed by atoms with Crippen LogP contribution in [0.5, 0.6) is 0 Å². The maximum atomic E-state index is 13.6. The number of hydrogen-bond donors (Lipinski definition) is 2. The van der Waals surface area contributed by atoms with Crippen LogP contribution in [0.3, 0.4) is 0 Å². The number of nitrogens with two attached hydrogens (primary N) is 1. The van der Waals surface area contributed by atoms with E-state index in [2.05, 4.69) is 15.4 Å². The summed E-state index contributed by atoms with van der Waals surface area (Å²) in [6, 6.07) is 5.33. The molecule has 0 radical (unpaired) electrons. The normalized spacial score (nSPS) is 10.5. The number of nitrogen functional groups attached to an aromatic ring is 1. The number of benzene rings is 1. The maximum absolute atomic E-state index is 13.6. The molecule has 0 atom stereocenters. The molecule has 0 aliphatic rings. The summed E-state index contributed by atoms with van der Waals surface area (Å²) < 4.78 is 13.6. The molecule has 18 heavy (non-hydrogen) atoms. The van der Waals surface area contributed by atoms with Crippen molar-refractivity contribution in [2.45, 2.75) is 13.8 Å². The molecule has 0 unspecified atom stereocenters. The van der Waals surface area contributed by atoms with Gasteiger partial charge in [-0.2, -0.15) is 0 Å². The lowest BCUT2D eigenvalue weighted by Crippen LogP contribution is -2.13. The van der Waals surface area contributed by atoms with Gasteiger partial charge >= 0.3 is 0 Å². The van der Waals surface area contributed by atoms with Gasteiger partial charge in [0.05, 0.1) is 5.69 Å². The first-order valence-corrected chi connectivity index (χ1v) is 5.68. The minimum Gasteiger partial charge on any atom is -0.306 e. The predicted molar refractivity (Wildman–Crippen MR) is 69.7 cm³/mol. The van der Waals surface area contributed by atoms with Crippen LogP contribution in [0.2, 0.25) is 5.02 Å². The van der Waals surface area contributed by atoms with Gasteiger partial charge in [-0.1, -0.05) is 11.6 Å². The van der Waals surface area contributed by atoms with Crippen molar-refractivity contribution in [3.8, 4) is 11.4 Å². The van der Waals surface area contributed by atoms with E-state index in [1.807, 2.05) is 6.92 Å². The number of nitrogens with one attached hydrogen (secondary N) is 1. The van der Waals surface area contributed by atoms with Gasteiger partial charge in [-0.15, -0.1) is 0 Å². The van der Waals surface area contributed by atoms with Crippen LogP contribution >= 0.6 is 11.6 Å². The van der Waals surface area contributed by atoms with Crippen molar-refractivity contribution in [1.29, 1.82) is 0 Å². The number of hydrazine groups is 1. The second-order valence-corrected chi connectivity index (χ2v) is 4.34. The van der Waals surface area contributed by atoms with Crippen molar-refractivity contribution in [2.24, 2.45) is 5.84 Å². The maximum Gasteiger partial charge on any atom is 0.187 e. The molecule has 1 aromatic carbocycles. The van der Waals surface area contributed by atoms with Crippen LogP contribution < -0.4 is 11.3 Å². The number of halogens is 2. The Morgan fingerprint density at radius 1 is 1.28 bits per heavy atom. The molecule has 0 saturated heterocycles. The summed E-state index contributed by atoms with van der Waals surface area (Å²) in [5, 5.41) is 0.632. The van der Waals surface area contributed by atoms with Crippen LogP contribution in [0.1, 0.15) is 11.3 Å². The molecule has 0 amide bonds. The van der Waals surface area contributed by atoms with Crippen LogP contribution in [0.25, 0.3) is 11.4 Å². The first-order chi connectivity index (χ1) is 8.52. The molecule has 1 aromatic heterocycles. The highest BCUT2D eigenvalue weighted by Gasteiger charge is 2.13. The van der Waals surface area contributed by atoms with Crippen LogP contribution in [0.15, 0.2) is 18.2 Å². The predicted octanol–water partition coefficient (Wildman–Crippen LogP) is 2.84. The minimum absolute atomic E-state index is 0.0214. The lowest BCUT2D eigenvalue weighted by atomic mass is 10.1. The Hall–Kier alpha value is -1.72. The molecule has 0 bridgehead atoms. The Morgan fingerprint density at radius 3 is 2.61 bits per heavy atom. The Morgan fingerprint density at radius 2 is 2.00 bits per heavy atom. The van der Waals surface area contributed by atoms with E-state index in [1.54, 1.807) is 25.1 Å². The van der Waals surface area contributed by atoms with Crippen LogP contribution in [-0.4, -0.2) is 9.97 Å². The van der Waals surface area contributed by atoms with Crippen molar-refractivity contribution in [3.63, 3.8) is 0 Å². The molecule has 2 rings (SSSR count). The van der Waals surface area contributed by atoms with E-state index < -0.39 is 5.82 Å². The average molecular weight is 267 g/mol. The molecule has 4 nitrogen and oxygen atoms in total. The summed E-state index contributed by atoms with van der Waals surface area (Å²) in [5.41, 5.74) is 4.17. The molecule has 0 aliphatic heterocycles. The number of rotatable bonds is 2. The van der Waals surface area contributed by atoms with Crippen LogP contribution in [0, 0.1) is 19.7 Å². The summed E-state index contributed by atoms with van der Waals surface area (Å²) in [7, 11) is 0. The van der Waals surface area contributed by atoms with Crippen molar-refractivity contribution in [2.75, 3.05) is 5.43 Å². The lowest BCUT2D eigenvalue weighted by molar-refractivity contribution is 0.606. The molecule has 0 spiro atoms. The molecule has 0 fully saturated rings. The Balaban J connectivity index is 2.60. The Kier molecular flexibility index (Phi) is 3.45. The van der Waals surface area contributed by atoms with Gasteiger partial charge in [-0.3, -0.25) is 0 Å². The summed E-state index contributed by atoms with van der Waals surface area (Å²) in [6.45, 7) is 3.45. The van der Waals surface area contributed by atoms with Gasteiger partial charge in [0, 0.05) is 10.6 Å². The van der Waals surface area contributed by atoms with E-state index in [-0.39, 0.29) is 11.5 Å². The Labute approximate surface area is 109 Å². The van der Waals surface area contributed by atoms with Gasteiger partial charge in [0.2, 0.25) is 0 Å². The highest BCUT2D eigenvalue weighted by molar-refractivity contribution is 6.30. The fraction of sp³-hybridized carbons (Fsp3) is 0.167. The fourth-order valence-electron chi connectivity index (χ4n) is 1.65. The summed E-state index contributed by atoms with van der Waals surface area (Å²) in [5.74, 6) is 5.07. The first kappa shape index (κ1) is 12.7. The van der Waals surface area contributed by atoms with Crippen molar-refractivity contribution in [1.82, 2.24) is 9.97 Å². The monoisotopic (exact) mass is 266 g/mol. The highest BCUT2D eigenvalue weighted by atomic mass is 35.5. The summed E-state index contributed by atoms with van der Waals surface area (Å²) in [6.07, 6.45) is 0. The number of anilines is 1. The zero-order chi connectivity index (χ0) is 13.3. The number of aromatic nitrogens is 2. The minimum atomic E-state index is -0.548. The zero-order valence-electron chi connectivity index (χ0n) is 9.96. The second-order valence-electron chi connectivity index (χ2n) is 3.90. The molecule has 6 heteroatoms. The van der Waals surface area contributed by atoms with E-state index in [0.717, 1.165) is 11.1 Å². The molecule has 0 aliphatic carbocycles. The van der Waals surface area contributed by atoms with Crippen molar-refractivity contribution >= 4 is 17.4 Å². The van der Waals surface area contributed by atoms with E-state index in [0.29, 0.717) is 10.8 Å². The smallest absolute Gasteiger partial charge is 0.187 e. The van der Waals surface area contributed by atoms with Gasteiger partial charge < -0.3 is 5.43 Å². The van der Waals surface area contributed by atoms with E-state index in [9.17, 15) is 4.39 Å². The third-order valence-corrected chi connectivity index (χ3v) is 2.82. The van der Waals surface area contributed by atoms with E-state index >= 15 is 0 Å². The van der Waals surface area contributed by atoms with Crippen LogP contribution in [0.4, 0.5) is 10.2 Å².